The highest BCUT2D eigenvalue weighted by Gasteiger charge is 2.12. The highest BCUT2D eigenvalue weighted by molar-refractivity contribution is 9.10. The molecule has 0 aliphatic carbocycles. The molecule has 0 saturated heterocycles. The molecule has 0 radical (unpaired) electrons. The Morgan fingerprint density at radius 1 is 1.35 bits per heavy atom. The summed E-state index contributed by atoms with van der Waals surface area (Å²) in [6.45, 7) is 1.96. The maximum Gasteiger partial charge on any atom is 0.156 e. The van der Waals surface area contributed by atoms with Gasteiger partial charge in [0.1, 0.15) is 10.1 Å². The zero-order chi connectivity index (χ0) is 11.0. The van der Waals surface area contributed by atoms with Crippen LogP contribution in [0.5, 0.6) is 0 Å². The first-order valence-electron chi connectivity index (χ1n) is 5.24. The maximum atomic E-state index is 4.47. The third-order valence-electron chi connectivity index (χ3n) is 2.76. The van der Waals surface area contributed by atoms with E-state index in [9.17, 15) is 0 Å². The van der Waals surface area contributed by atoms with Gasteiger partial charge in [-0.3, -0.25) is 0 Å². The van der Waals surface area contributed by atoms with Gasteiger partial charge in [-0.05, 0) is 34.5 Å². The van der Waals surface area contributed by atoms with Crippen LogP contribution in [0, 0.1) is 0 Å². The fraction of sp³-hybridized carbons (Fsp3) is 0.273. The first-order chi connectivity index (χ1) is 7.84. The second-order valence-corrected chi connectivity index (χ2v) is 4.59. The van der Waals surface area contributed by atoms with Crippen LogP contribution in [-0.2, 0) is 0 Å². The van der Waals surface area contributed by atoms with Gasteiger partial charge >= 0.3 is 0 Å². The monoisotopic (exact) mass is 314 g/mol. The van der Waals surface area contributed by atoms with Crippen molar-refractivity contribution in [3.63, 3.8) is 0 Å². The molecule has 3 heterocycles. The van der Waals surface area contributed by atoms with Gasteiger partial charge in [-0.2, -0.15) is 0 Å². The molecule has 3 rings (SSSR count). The molecule has 1 aliphatic heterocycles. The van der Waals surface area contributed by atoms with Gasteiger partial charge in [0.05, 0.1) is 6.20 Å². The lowest BCUT2D eigenvalue weighted by atomic mass is 10.0. The zero-order valence-electron chi connectivity index (χ0n) is 9.03. The van der Waals surface area contributed by atoms with Gasteiger partial charge in [-0.15, -0.1) is 12.4 Å². The summed E-state index contributed by atoms with van der Waals surface area (Å²) in [6.07, 6.45) is 6.96. The van der Waals surface area contributed by atoms with Gasteiger partial charge in [0.15, 0.2) is 5.65 Å². The van der Waals surface area contributed by atoms with E-state index in [2.05, 4.69) is 42.3 Å². The van der Waals surface area contributed by atoms with Crippen LogP contribution in [0.1, 0.15) is 12.0 Å². The number of nitrogens with zero attached hydrogens (tertiary/aromatic N) is 2. The Morgan fingerprint density at radius 2 is 2.24 bits per heavy atom. The molecule has 0 atom stereocenters. The van der Waals surface area contributed by atoms with Crippen LogP contribution in [-0.4, -0.2) is 28.0 Å². The van der Waals surface area contributed by atoms with Crippen molar-refractivity contribution in [1.29, 1.82) is 0 Å². The molecule has 2 aromatic rings. The minimum absolute atomic E-state index is 0. The SMILES string of the molecule is Brc1cnc2[nH]cc(C3=CCNCC3)c2n1.Cl. The summed E-state index contributed by atoms with van der Waals surface area (Å²) in [5.74, 6) is 0. The Bertz CT molecular complexity index is 564. The number of halogens is 2. The van der Waals surface area contributed by atoms with Crippen molar-refractivity contribution in [2.24, 2.45) is 0 Å². The third kappa shape index (κ3) is 2.36. The standard InChI is InChI=1S/C11H11BrN4.ClH/c12-9-6-15-11-10(16-9)8(5-14-11)7-1-3-13-4-2-7;/h1,5-6,13H,2-4H2,(H,14,15);1H. The van der Waals surface area contributed by atoms with E-state index >= 15 is 0 Å². The average Bonchev–Trinajstić information content (AvgIpc) is 2.73. The Kier molecular flexibility index (Phi) is 3.81. The minimum Gasteiger partial charge on any atom is -0.344 e. The van der Waals surface area contributed by atoms with Crippen LogP contribution in [0.4, 0.5) is 0 Å². The molecule has 4 nitrogen and oxygen atoms in total. The molecule has 2 N–H and O–H groups in total. The normalized spacial score (nSPS) is 15.5. The second-order valence-electron chi connectivity index (χ2n) is 3.78. The Hall–Kier alpha value is -0.910. The van der Waals surface area contributed by atoms with Gasteiger partial charge < -0.3 is 10.3 Å². The average molecular weight is 316 g/mol. The number of aromatic amines is 1. The fourth-order valence-corrected chi connectivity index (χ4v) is 2.26. The largest absolute Gasteiger partial charge is 0.344 e. The third-order valence-corrected chi connectivity index (χ3v) is 3.14. The summed E-state index contributed by atoms with van der Waals surface area (Å²) >= 11 is 3.36. The fourth-order valence-electron chi connectivity index (χ4n) is 1.98. The summed E-state index contributed by atoms with van der Waals surface area (Å²) in [5, 5.41) is 3.30. The lowest BCUT2D eigenvalue weighted by molar-refractivity contribution is 0.739. The molecule has 0 saturated carbocycles. The summed E-state index contributed by atoms with van der Waals surface area (Å²) in [6, 6.07) is 0. The van der Waals surface area contributed by atoms with Crippen LogP contribution in [0.15, 0.2) is 23.1 Å². The van der Waals surface area contributed by atoms with Crippen LogP contribution in [0.3, 0.4) is 0 Å². The molecular weight excluding hydrogens is 304 g/mol. The molecule has 1 aliphatic rings. The Labute approximate surface area is 113 Å². The van der Waals surface area contributed by atoms with Crippen molar-refractivity contribution < 1.29 is 0 Å². The minimum atomic E-state index is 0. The lowest BCUT2D eigenvalue weighted by Gasteiger charge is -2.12. The van der Waals surface area contributed by atoms with Crippen molar-refractivity contribution in [3.8, 4) is 0 Å². The molecule has 0 aromatic carbocycles. The van der Waals surface area contributed by atoms with Crippen molar-refractivity contribution in [1.82, 2.24) is 20.3 Å². The number of fused-ring (bicyclic) bond motifs is 1. The van der Waals surface area contributed by atoms with Crippen molar-refractivity contribution in [2.75, 3.05) is 13.1 Å². The van der Waals surface area contributed by atoms with E-state index in [0.717, 1.165) is 35.3 Å². The summed E-state index contributed by atoms with van der Waals surface area (Å²) in [4.78, 5) is 11.9. The van der Waals surface area contributed by atoms with Crippen molar-refractivity contribution in [2.45, 2.75) is 6.42 Å². The van der Waals surface area contributed by atoms with Crippen LogP contribution < -0.4 is 5.32 Å². The van der Waals surface area contributed by atoms with E-state index in [1.54, 1.807) is 6.20 Å². The molecule has 0 fully saturated rings. The number of hydrogen-bond donors (Lipinski definition) is 2. The lowest BCUT2D eigenvalue weighted by Crippen LogP contribution is -2.19. The molecule has 17 heavy (non-hydrogen) atoms. The van der Waals surface area contributed by atoms with Crippen LogP contribution in [0.2, 0.25) is 0 Å². The van der Waals surface area contributed by atoms with Gasteiger partial charge in [-0.25, -0.2) is 9.97 Å². The quantitative estimate of drug-likeness (QED) is 0.850. The smallest absolute Gasteiger partial charge is 0.156 e. The van der Waals surface area contributed by atoms with E-state index in [0.29, 0.717) is 0 Å². The molecule has 0 bridgehead atoms. The van der Waals surface area contributed by atoms with Gasteiger partial charge in [0, 0.05) is 18.3 Å². The van der Waals surface area contributed by atoms with Gasteiger partial charge in [0.2, 0.25) is 0 Å². The van der Waals surface area contributed by atoms with Gasteiger partial charge in [-0.1, -0.05) is 6.08 Å². The zero-order valence-corrected chi connectivity index (χ0v) is 11.4. The number of rotatable bonds is 1. The summed E-state index contributed by atoms with van der Waals surface area (Å²) in [5.41, 5.74) is 4.31. The molecule has 6 heteroatoms. The summed E-state index contributed by atoms with van der Waals surface area (Å²) in [7, 11) is 0. The van der Waals surface area contributed by atoms with Crippen molar-refractivity contribution in [3.05, 3.63) is 28.6 Å². The maximum absolute atomic E-state index is 4.47. The summed E-state index contributed by atoms with van der Waals surface area (Å²) < 4.78 is 0.774. The number of aromatic nitrogens is 3. The van der Waals surface area contributed by atoms with E-state index in [-0.39, 0.29) is 12.4 Å². The Morgan fingerprint density at radius 3 is 3.00 bits per heavy atom. The second kappa shape index (κ2) is 5.16. The van der Waals surface area contributed by atoms with Crippen LogP contribution in [0.25, 0.3) is 16.7 Å². The van der Waals surface area contributed by atoms with Gasteiger partial charge in [0.25, 0.3) is 0 Å². The van der Waals surface area contributed by atoms with Crippen molar-refractivity contribution >= 4 is 45.1 Å². The predicted molar refractivity (Wildman–Crippen MR) is 74.3 cm³/mol. The highest BCUT2D eigenvalue weighted by atomic mass is 79.9. The molecule has 0 spiro atoms. The molecular formula is C11H12BrClN4. The molecule has 2 aromatic heterocycles. The van der Waals surface area contributed by atoms with E-state index in [4.69, 9.17) is 0 Å². The number of nitrogens with one attached hydrogen (secondary N) is 2. The first kappa shape index (κ1) is 12.5. The highest BCUT2D eigenvalue weighted by Crippen LogP contribution is 2.26. The number of H-pyrrole nitrogens is 1. The number of hydrogen-bond acceptors (Lipinski definition) is 3. The molecule has 0 unspecified atom stereocenters. The Balaban J connectivity index is 0.00000108. The van der Waals surface area contributed by atoms with Crippen LogP contribution >= 0.6 is 28.3 Å². The first-order valence-corrected chi connectivity index (χ1v) is 6.03. The predicted octanol–water partition coefficient (Wildman–Crippen LogP) is 2.52. The topological polar surface area (TPSA) is 53.6 Å². The molecule has 0 amide bonds. The van der Waals surface area contributed by atoms with E-state index in [1.165, 1.54) is 11.1 Å². The molecule has 90 valence electrons. The van der Waals surface area contributed by atoms with E-state index in [1.807, 2.05) is 6.20 Å². The van der Waals surface area contributed by atoms with E-state index < -0.39 is 0 Å².